The zero-order valence-electron chi connectivity index (χ0n) is 10.5. The molecule has 1 aromatic carbocycles. The van der Waals surface area contributed by atoms with Crippen LogP contribution in [0.25, 0.3) is 0 Å². The molecule has 0 spiro atoms. The maximum absolute atomic E-state index is 13.2. The van der Waals surface area contributed by atoms with Crippen molar-refractivity contribution in [1.82, 2.24) is 5.32 Å². The molecule has 0 saturated heterocycles. The number of aromatic hydroxyl groups is 1. The molecule has 0 heterocycles. The molecule has 104 valence electrons. The predicted molar refractivity (Wildman–Crippen MR) is 69.0 cm³/mol. The molecule has 0 unspecified atom stereocenters. The number of ether oxygens (including phenoxy) is 1. The first-order valence-corrected chi connectivity index (χ1v) is 6.49. The Morgan fingerprint density at radius 2 is 2.26 bits per heavy atom. The lowest BCUT2D eigenvalue weighted by Gasteiger charge is -2.35. The molecule has 19 heavy (non-hydrogen) atoms. The zero-order valence-corrected chi connectivity index (χ0v) is 11.2. The van der Waals surface area contributed by atoms with E-state index >= 15 is 0 Å². The second-order valence-electron chi connectivity index (χ2n) is 4.50. The quantitative estimate of drug-likeness (QED) is 0.894. The maximum Gasteiger partial charge on any atom is 0.255 e. The lowest BCUT2D eigenvalue weighted by atomic mass is 9.89. The van der Waals surface area contributed by atoms with E-state index in [2.05, 4.69) is 5.32 Å². The van der Waals surface area contributed by atoms with Crippen LogP contribution in [-0.2, 0) is 4.74 Å². The minimum atomic E-state index is -0.659. The van der Waals surface area contributed by atoms with E-state index in [1.807, 2.05) is 6.92 Å². The number of rotatable bonds is 4. The van der Waals surface area contributed by atoms with Crippen LogP contribution in [0.1, 0.15) is 30.1 Å². The van der Waals surface area contributed by atoms with Crippen molar-refractivity contribution in [2.24, 2.45) is 0 Å². The molecule has 0 atom stereocenters. The lowest BCUT2D eigenvalue weighted by molar-refractivity contribution is -0.00864. The Labute approximate surface area is 115 Å². The molecule has 0 aromatic heterocycles. The Hall–Kier alpha value is -1.33. The first-order valence-electron chi connectivity index (χ1n) is 6.11. The number of phenols is 1. The molecule has 1 aromatic rings. The molecule has 1 aliphatic carbocycles. The average Bonchev–Trinajstić information content (AvgIpc) is 2.31. The Balaban J connectivity index is 1.98. The van der Waals surface area contributed by atoms with Gasteiger partial charge in [-0.3, -0.25) is 4.79 Å². The van der Waals surface area contributed by atoms with Gasteiger partial charge in [-0.1, -0.05) is 11.6 Å². The molecule has 6 heteroatoms. The summed E-state index contributed by atoms with van der Waals surface area (Å²) >= 11 is 5.62. The van der Waals surface area contributed by atoms with E-state index in [0.717, 1.165) is 25.0 Å². The van der Waals surface area contributed by atoms with Crippen LogP contribution >= 0.6 is 11.6 Å². The molecule has 1 aliphatic rings. The van der Waals surface area contributed by atoms with Crippen molar-refractivity contribution in [1.29, 1.82) is 0 Å². The number of amides is 1. The second-order valence-corrected chi connectivity index (χ2v) is 4.91. The smallest absolute Gasteiger partial charge is 0.255 e. The van der Waals surface area contributed by atoms with Crippen molar-refractivity contribution < 1.29 is 19.0 Å². The van der Waals surface area contributed by atoms with E-state index in [-0.39, 0.29) is 22.7 Å². The van der Waals surface area contributed by atoms with E-state index in [1.165, 1.54) is 0 Å². The SMILES string of the molecule is CCOC1CC(NC(=O)c2cc(F)cc(Cl)c2O)C1. The van der Waals surface area contributed by atoms with Gasteiger partial charge in [0, 0.05) is 12.6 Å². The number of phenolic OH excluding ortho intramolecular Hbond substituents is 1. The van der Waals surface area contributed by atoms with Gasteiger partial charge in [-0.25, -0.2) is 4.39 Å². The van der Waals surface area contributed by atoms with Crippen LogP contribution in [0.2, 0.25) is 5.02 Å². The number of nitrogens with one attached hydrogen (secondary N) is 1. The summed E-state index contributed by atoms with van der Waals surface area (Å²) in [5.74, 6) is -1.59. The summed E-state index contributed by atoms with van der Waals surface area (Å²) in [7, 11) is 0. The van der Waals surface area contributed by atoms with Gasteiger partial charge in [0.2, 0.25) is 0 Å². The predicted octanol–water partition coefficient (Wildman–Crippen LogP) is 2.48. The molecule has 0 radical (unpaired) electrons. The van der Waals surface area contributed by atoms with Gasteiger partial charge in [0.25, 0.3) is 5.91 Å². The minimum absolute atomic E-state index is 0.00880. The Morgan fingerprint density at radius 3 is 2.89 bits per heavy atom. The van der Waals surface area contributed by atoms with Crippen molar-refractivity contribution in [3.05, 3.63) is 28.5 Å². The molecule has 0 aliphatic heterocycles. The monoisotopic (exact) mass is 287 g/mol. The molecule has 1 amide bonds. The summed E-state index contributed by atoms with van der Waals surface area (Å²) < 4.78 is 18.5. The van der Waals surface area contributed by atoms with Crippen LogP contribution < -0.4 is 5.32 Å². The highest BCUT2D eigenvalue weighted by Crippen LogP contribution is 2.29. The standard InChI is InChI=1S/C13H15ClFNO3/c1-2-19-9-5-8(6-9)16-13(18)10-3-7(15)4-11(14)12(10)17/h3-4,8-9,17H,2,5-6H2,1H3,(H,16,18). The van der Waals surface area contributed by atoms with E-state index in [4.69, 9.17) is 16.3 Å². The Kier molecular flexibility index (Phi) is 4.27. The van der Waals surface area contributed by atoms with Crippen LogP contribution in [0.5, 0.6) is 5.75 Å². The van der Waals surface area contributed by atoms with Gasteiger partial charge in [-0.15, -0.1) is 0 Å². The van der Waals surface area contributed by atoms with Crippen molar-refractivity contribution >= 4 is 17.5 Å². The van der Waals surface area contributed by atoms with Gasteiger partial charge in [-0.2, -0.15) is 0 Å². The van der Waals surface area contributed by atoms with Crippen molar-refractivity contribution in [3.8, 4) is 5.75 Å². The van der Waals surface area contributed by atoms with Crippen molar-refractivity contribution in [3.63, 3.8) is 0 Å². The van der Waals surface area contributed by atoms with Crippen LogP contribution in [0.4, 0.5) is 4.39 Å². The van der Waals surface area contributed by atoms with Crippen LogP contribution in [0, 0.1) is 5.82 Å². The van der Waals surface area contributed by atoms with Crippen molar-refractivity contribution in [2.45, 2.75) is 31.9 Å². The normalized spacial score (nSPS) is 21.8. The summed E-state index contributed by atoms with van der Waals surface area (Å²) in [6.45, 7) is 2.56. The second kappa shape index (κ2) is 5.75. The third-order valence-electron chi connectivity index (χ3n) is 3.11. The first-order chi connectivity index (χ1) is 9.01. The largest absolute Gasteiger partial charge is 0.506 e. The third-order valence-corrected chi connectivity index (χ3v) is 3.39. The first kappa shape index (κ1) is 14.1. The van der Waals surface area contributed by atoms with Gasteiger partial charge in [-0.05, 0) is 31.9 Å². The number of carbonyl (C=O) groups excluding carboxylic acids is 1. The number of hydrogen-bond acceptors (Lipinski definition) is 3. The van der Waals surface area contributed by atoms with E-state index in [9.17, 15) is 14.3 Å². The fourth-order valence-electron chi connectivity index (χ4n) is 2.06. The van der Waals surface area contributed by atoms with Crippen LogP contribution in [0.15, 0.2) is 12.1 Å². The summed E-state index contributed by atoms with van der Waals surface area (Å²) in [6.07, 6.45) is 1.62. The highest BCUT2D eigenvalue weighted by atomic mass is 35.5. The average molecular weight is 288 g/mol. The minimum Gasteiger partial charge on any atom is -0.506 e. The number of hydrogen-bond donors (Lipinski definition) is 2. The van der Waals surface area contributed by atoms with Gasteiger partial charge in [0.1, 0.15) is 11.6 Å². The lowest BCUT2D eigenvalue weighted by Crippen LogP contribution is -2.47. The number of benzene rings is 1. The molecular formula is C13H15ClFNO3. The van der Waals surface area contributed by atoms with Gasteiger partial charge < -0.3 is 15.2 Å². The molecule has 2 N–H and O–H groups in total. The highest BCUT2D eigenvalue weighted by Gasteiger charge is 2.31. The van der Waals surface area contributed by atoms with Crippen molar-refractivity contribution in [2.75, 3.05) is 6.61 Å². The van der Waals surface area contributed by atoms with Crippen LogP contribution in [0.3, 0.4) is 0 Å². The van der Waals surface area contributed by atoms with E-state index < -0.39 is 17.5 Å². The Morgan fingerprint density at radius 1 is 1.58 bits per heavy atom. The van der Waals surface area contributed by atoms with Crippen LogP contribution in [-0.4, -0.2) is 29.8 Å². The molecular weight excluding hydrogens is 273 g/mol. The van der Waals surface area contributed by atoms with Gasteiger partial charge >= 0.3 is 0 Å². The highest BCUT2D eigenvalue weighted by molar-refractivity contribution is 6.32. The van der Waals surface area contributed by atoms with Gasteiger partial charge in [0.05, 0.1) is 16.7 Å². The summed E-state index contributed by atoms with van der Waals surface area (Å²) in [5.41, 5.74) is -0.148. The number of halogens is 2. The molecule has 2 rings (SSSR count). The molecule has 1 fully saturated rings. The van der Waals surface area contributed by atoms with Gasteiger partial charge in [0.15, 0.2) is 0 Å². The third kappa shape index (κ3) is 3.16. The summed E-state index contributed by atoms with van der Waals surface area (Å²) in [5, 5.41) is 12.2. The Bertz CT molecular complexity index is 489. The zero-order chi connectivity index (χ0) is 14.0. The maximum atomic E-state index is 13.2. The fourth-order valence-corrected chi connectivity index (χ4v) is 2.26. The molecule has 4 nitrogen and oxygen atoms in total. The summed E-state index contributed by atoms with van der Waals surface area (Å²) in [4.78, 5) is 11.9. The molecule has 1 saturated carbocycles. The fraction of sp³-hybridized carbons (Fsp3) is 0.462. The molecule has 0 bridgehead atoms. The topological polar surface area (TPSA) is 58.6 Å². The summed E-state index contributed by atoms with van der Waals surface area (Å²) in [6, 6.07) is 1.92. The van der Waals surface area contributed by atoms with E-state index in [0.29, 0.717) is 6.61 Å². The van der Waals surface area contributed by atoms with E-state index in [1.54, 1.807) is 0 Å². The number of carbonyl (C=O) groups is 1.